The van der Waals surface area contributed by atoms with Gasteiger partial charge in [0.1, 0.15) is 0 Å². The Bertz CT molecular complexity index is 545. The summed E-state index contributed by atoms with van der Waals surface area (Å²) >= 11 is 0. The standard InChI is InChI=1S/C15H22O4S/c1-12-7-8-15(20(17,18)19-11-16)10-14(12)9-13-5-3-2-4-6-13/h7-8,10,13,16H,2-6,9,11H2,1H3. The van der Waals surface area contributed by atoms with Crippen LogP contribution >= 0.6 is 0 Å². The van der Waals surface area contributed by atoms with Crippen LogP contribution in [0.1, 0.15) is 43.2 Å². The number of aryl methyl sites for hydroxylation is 1. The predicted molar refractivity (Wildman–Crippen MR) is 76.8 cm³/mol. The minimum absolute atomic E-state index is 0.128. The molecule has 0 spiro atoms. The maximum absolute atomic E-state index is 11.8. The summed E-state index contributed by atoms with van der Waals surface area (Å²) in [5.74, 6) is 0.652. The molecule has 0 radical (unpaired) electrons. The van der Waals surface area contributed by atoms with Crippen molar-refractivity contribution >= 4 is 10.1 Å². The molecule has 0 atom stereocenters. The first-order valence-corrected chi connectivity index (χ1v) is 8.53. The van der Waals surface area contributed by atoms with E-state index in [1.165, 1.54) is 38.2 Å². The summed E-state index contributed by atoms with van der Waals surface area (Å²) in [5.41, 5.74) is 2.18. The second-order valence-electron chi connectivity index (χ2n) is 5.50. The quantitative estimate of drug-likeness (QED) is 0.670. The van der Waals surface area contributed by atoms with E-state index in [9.17, 15) is 8.42 Å². The highest BCUT2D eigenvalue weighted by Crippen LogP contribution is 2.28. The molecular formula is C15H22O4S. The Morgan fingerprint density at radius 3 is 2.60 bits per heavy atom. The van der Waals surface area contributed by atoms with Gasteiger partial charge in [-0.15, -0.1) is 0 Å². The van der Waals surface area contributed by atoms with Gasteiger partial charge in [-0.1, -0.05) is 38.2 Å². The highest BCUT2D eigenvalue weighted by atomic mass is 32.2. The first-order chi connectivity index (χ1) is 9.53. The van der Waals surface area contributed by atoms with Crippen molar-refractivity contribution in [2.24, 2.45) is 5.92 Å². The monoisotopic (exact) mass is 298 g/mol. The third-order valence-electron chi connectivity index (χ3n) is 4.05. The molecule has 1 aromatic rings. The summed E-state index contributed by atoms with van der Waals surface area (Å²) in [6.45, 7) is 1.18. The molecule has 0 unspecified atom stereocenters. The smallest absolute Gasteiger partial charge is 0.299 e. The minimum atomic E-state index is -3.84. The van der Waals surface area contributed by atoms with Gasteiger partial charge < -0.3 is 5.11 Å². The lowest BCUT2D eigenvalue weighted by Crippen LogP contribution is -2.12. The van der Waals surface area contributed by atoms with E-state index < -0.39 is 16.9 Å². The third kappa shape index (κ3) is 3.81. The average molecular weight is 298 g/mol. The molecular weight excluding hydrogens is 276 g/mol. The molecule has 0 aliphatic heterocycles. The number of hydrogen-bond donors (Lipinski definition) is 1. The van der Waals surface area contributed by atoms with Crippen LogP contribution in [-0.2, 0) is 20.7 Å². The Kier molecular flexibility index (Phi) is 5.18. The number of benzene rings is 1. The van der Waals surface area contributed by atoms with Gasteiger partial charge >= 0.3 is 0 Å². The van der Waals surface area contributed by atoms with Crippen LogP contribution in [0.4, 0.5) is 0 Å². The van der Waals surface area contributed by atoms with Gasteiger partial charge in [0.25, 0.3) is 10.1 Å². The summed E-state index contributed by atoms with van der Waals surface area (Å²) in [6, 6.07) is 5.03. The zero-order chi connectivity index (χ0) is 14.6. The van der Waals surface area contributed by atoms with Crippen molar-refractivity contribution < 1.29 is 17.7 Å². The Balaban J connectivity index is 2.20. The van der Waals surface area contributed by atoms with Crippen LogP contribution in [0.3, 0.4) is 0 Å². The van der Waals surface area contributed by atoms with E-state index in [1.807, 2.05) is 13.0 Å². The van der Waals surface area contributed by atoms with Crippen molar-refractivity contribution in [1.29, 1.82) is 0 Å². The van der Waals surface area contributed by atoms with Crippen molar-refractivity contribution in [3.63, 3.8) is 0 Å². The molecule has 0 amide bonds. The molecule has 0 heterocycles. The fourth-order valence-electron chi connectivity index (χ4n) is 2.86. The molecule has 1 aliphatic rings. The molecule has 1 aliphatic carbocycles. The topological polar surface area (TPSA) is 63.6 Å². The molecule has 112 valence electrons. The van der Waals surface area contributed by atoms with Crippen molar-refractivity contribution in [1.82, 2.24) is 0 Å². The molecule has 20 heavy (non-hydrogen) atoms. The highest BCUT2D eigenvalue weighted by molar-refractivity contribution is 7.86. The first kappa shape index (κ1) is 15.5. The van der Waals surface area contributed by atoms with Gasteiger partial charge in [0.05, 0.1) is 4.90 Å². The summed E-state index contributed by atoms with van der Waals surface area (Å²) in [7, 11) is -3.84. The summed E-state index contributed by atoms with van der Waals surface area (Å²) in [5, 5.41) is 8.65. The zero-order valence-corrected chi connectivity index (χ0v) is 12.7. The van der Waals surface area contributed by atoms with Crippen molar-refractivity contribution in [3.05, 3.63) is 29.3 Å². The molecule has 0 saturated heterocycles. The van der Waals surface area contributed by atoms with E-state index in [2.05, 4.69) is 4.18 Å². The summed E-state index contributed by atoms with van der Waals surface area (Å²) in [4.78, 5) is 0.128. The Morgan fingerprint density at radius 1 is 1.25 bits per heavy atom. The Morgan fingerprint density at radius 2 is 1.95 bits per heavy atom. The van der Waals surface area contributed by atoms with Gasteiger partial charge in [-0.3, -0.25) is 0 Å². The van der Waals surface area contributed by atoms with Gasteiger partial charge in [0, 0.05) is 0 Å². The maximum atomic E-state index is 11.8. The number of aliphatic hydroxyl groups is 1. The fourth-order valence-corrected chi connectivity index (χ4v) is 3.66. The molecule has 1 saturated carbocycles. The van der Waals surface area contributed by atoms with Gasteiger partial charge in [-0.05, 0) is 42.5 Å². The summed E-state index contributed by atoms with van der Waals surface area (Å²) < 4.78 is 28.0. The summed E-state index contributed by atoms with van der Waals surface area (Å²) in [6.07, 6.45) is 7.24. The van der Waals surface area contributed by atoms with Gasteiger partial charge in [0.2, 0.25) is 0 Å². The van der Waals surface area contributed by atoms with E-state index in [-0.39, 0.29) is 4.90 Å². The maximum Gasteiger partial charge on any atom is 0.299 e. The molecule has 4 nitrogen and oxygen atoms in total. The molecule has 5 heteroatoms. The van der Waals surface area contributed by atoms with Crippen LogP contribution in [0.15, 0.2) is 23.1 Å². The van der Waals surface area contributed by atoms with Gasteiger partial charge in [0.15, 0.2) is 6.79 Å². The van der Waals surface area contributed by atoms with E-state index in [0.717, 1.165) is 17.5 Å². The fraction of sp³-hybridized carbons (Fsp3) is 0.600. The second-order valence-corrected chi connectivity index (χ2v) is 7.11. The van der Waals surface area contributed by atoms with Crippen LogP contribution in [0, 0.1) is 12.8 Å². The van der Waals surface area contributed by atoms with E-state index in [4.69, 9.17) is 5.11 Å². The minimum Gasteiger partial charge on any atom is -0.369 e. The lowest BCUT2D eigenvalue weighted by atomic mass is 9.84. The molecule has 2 rings (SSSR count). The van der Waals surface area contributed by atoms with Crippen LogP contribution in [0.25, 0.3) is 0 Å². The second kappa shape index (κ2) is 6.70. The average Bonchev–Trinajstić information content (AvgIpc) is 2.42. The Hall–Kier alpha value is -0.910. The lowest BCUT2D eigenvalue weighted by Gasteiger charge is -2.22. The van der Waals surface area contributed by atoms with E-state index >= 15 is 0 Å². The number of hydrogen-bond acceptors (Lipinski definition) is 4. The highest BCUT2D eigenvalue weighted by Gasteiger charge is 2.19. The van der Waals surface area contributed by atoms with Crippen molar-refractivity contribution in [2.45, 2.75) is 50.3 Å². The molecule has 1 fully saturated rings. The van der Waals surface area contributed by atoms with Crippen molar-refractivity contribution in [3.8, 4) is 0 Å². The largest absolute Gasteiger partial charge is 0.369 e. The number of aliphatic hydroxyl groups excluding tert-OH is 1. The Labute approximate surface area is 120 Å². The first-order valence-electron chi connectivity index (χ1n) is 7.13. The van der Waals surface area contributed by atoms with Crippen LogP contribution in [0.2, 0.25) is 0 Å². The van der Waals surface area contributed by atoms with Crippen LogP contribution in [0.5, 0.6) is 0 Å². The van der Waals surface area contributed by atoms with E-state index in [0.29, 0.717) is 5.92 Å². The number of rotatable bonds is 5. The lowest BCUT2D eigenvalue weighted by molar-refractivity contribution is 0.105. The molecule has 1 N–H and O–H groups in total. The van der Waals surface area contributed by atoms with Gasteiger partial charge in [-0.2, -0.15) is 8.42 Å². The van der Waals surface area contributed by atoms with Crippen LogP contribution < -0.4 is 0 Å². The zero-order valence-electron chi connectivity index (χ0n) is 11.8. The van der Waals surface area contributed by atoms with Crippen molar-refractivity contribution in [2.75, 3.05) is 6.79 Å². The molecule has 1 aromatic carbocycles. The SMILES string of the molecule is Cc1ccc(S(=O)(=O)OCO)cc1CC1CCCCC1. The normalized spacial score (nSPS) is 17.3. The third-order valence-corrected chi connectivity index (χ3v) is 5.30. The predicted octanol–water partition coefficient (Wildman–Crippen LogP) is 2.77. The van der Waals surface area contributed by atoms with E-state index in [1.54, 1.807) is 6.07 Å². The van der Waals surface area contributed by atoms with Gasteiger partial charge in [-0.25, -0.2) is 4.18 Å². The molecule has 0 bridgehead atoms. The van der Waals surface area contributed by atoms with Crippen LogP contribution in [-0.4, -0.2) is 20.3 Å². The molecule has 0 aromatic heterocycles.